The average Bonchev–Trinajstić information content (AvgIpc) is 3.29. The van der Waals surface area contributed by atoms with Crippen LogP contribution in [0.5, 0.6) is 0 Å². The number of carbonyl (C=O) groups excluding carboxylic acids is 1. The van der Waals surface area contributed by atoms with Crippen molar-refractivity contribution >= 4 is 23.6 Å². The Bertz CT molecular complexity index is 561. The summed E-state index contributed by atoms with van der Waals surface area (Å²) in [5, 5.41) is 17.6. The molecule has 1 saturated carbocycles. The Morgan fingerprint density at radius 3 is 2.52 bits per heavy atom. The van der Waals surface area contributed by atoms with E-state index in [1.807, 2.05) is 12.1 Å². The number of aliphatic carboxylic acids is 1. The SMILES string of the molecule is N#Cc1ccc(CSCC(=O)N(CC(=O)O)C2CC2)cc1. The highest BCUT2D eigenvalue weighted by Crippen LogP contribution is 2.27. The molecule has 0 bridgehead atoms. The predicted molar refractivity (Wildman–Crippen MR) is 79.7 cm³/mol. The molecule has 0 radical (unpaired) electrons. The predicted octanol–water partition coefficient (Wildman–Crippen LogP) is 1.87. The third kappa shape index (κ3) is 4.80. The number of carbonyl (C=O) groups is 2. The molecule has 5 nitrogen and oxygen atoms in total. The summed E-state index contributed by atoms with van der Waals surface area (Å²) in [6.07, 6.45) is 1.80. The first-order valence-corrected chi connectivity index (χ1v) is 7.83. The average molecular weight is 304 g/mol. The number of thioether (sulfide) groups is 1. The van der Waals surface area contributed by atoms with Gasteiger partial charge in [-0.1, -0.05) is 12.1 Å². The van der Waals surface area contributed by atoms with E-state index in [1.54, 1.807) is 12.1 Å². The van der Waals surface area contributed by atoms with E-state index in [4.69, 9.17) is 10.4 Å². The Balaban J connectivity index is 1.79. The van der Waals surface area contributed by atoms with Crippen LogP contribution in [0.25, 0.3) is 0 Å². The second-order valence-electron chi connectivity index (χ2n) is 4.95. The van der Waals surface area contributed by atoms with Gasteiger partial charge in [0.15, 0.2) is 0 Å². The van der Waals surface area contributed by atoms with Crippen molar-refractivity contribution in [3.05, 3.63) is 35.4 Å². The molecule has 0 heterocycles. The molecule has 0 spiro atoms. The Morgan fingerprint density at radius 2 is 2.00 bits per heavy atom. The molecule has 0 saturated heterocycles. The van der Waals surface area contributed by atoms with Gasteiger partial charge in [-0.15, -0.1) is 11.8 Å². The summed E-state index contributed by atoms with van der Waals surface area (Å²) in [7, 11) is 0. The molecular weight excluding hydrogens is 288 g/mol. The van der Waals surface area contributed by atoms with E-state index in [0.29, 0.717) is 11.3 Å². The van der Waals surface area contributed by atoms with Gasteiger partial charge in [0.25, 0.3) is 0 Å². The second kappa shape index (κ2) is 7.14. The molecule has 0 aromatic heterocycles. The number of benzene rings is 1. The quantitative estimate of drug-likeness (QED) is 0.831. The normalized spacial score (nSPS) is 13.5. The Labute approximate surface area is 127 Å². The number of nitriles is 1. The summed E-state index contributed by atoms with van der Waals surface area (Å²) in [6.45, 7) is -0.207. The fraction of sp³-hybridized carbons (Fsp3) is 0.400. The molecule has 1 aromatic carbocycles. The van der Waals surface area contributed by atoms with Crippen LogP contribution >= 0.6 is 11.8 Å². The van der Waals surface area contributed by atoms with Crippen molar-refractivity contribution in [2.45, 2.75) is 24.6 Å². The molecule has 1 aliphatic rings. The maximum absolute atomic E-state index is 12.0. The largest absolute Gasteiger partial charge is 0.480 e. The smallest absolute Gasteiger partial charge is 0.323 e. The number of rotatable bonds is 7. The lowest BCUT2D eigenvalue weighted by atomic mass is 10.2. The highest BCUT2D eigenvalue weighted by atomic mass is 32.2. The molecule has 1 fully saturated rings. The fourth-order valence-corrected chi connectivity index (χ4v) is 2.84. The summed E-state index contributed by atoms with van der Waals surface area (Å²) in [5.74, 6) is -0.127. The van der Waals surface area contributed by atoms with Crippen LogP contribution in [0, 0.1) is 11.3 Å². The zero-order valence-electron chi connectivity index (χ0n) is 11.5. The third-order valence-corrected chi connectivity index (χ3v) is 4.18. The molecule has 2 rings (SSSR count). The first kappa shape index (κ1) is 15.4. The summed E-state index contributed by atoms with van der Waals surface area (Å²) in [6, 6.07) is 9.40. The van der Waals surface area contributed by atoms with E-state index < -0.39 is 5.97 Å². The Kier molecular flexibility index (Phi) is 5.23. The van der Waals surface area contributed by atoms with Gasteiger partial charge in [-0.2, -0.15) is 5.26 Å². The van der Waals surface area contributed by atoms with Crippen LogP contribution in [0.4, 0.5) is 0 Å². The van der Waals surface area contributed by atoms with Gasteiger partial charge in [0.1, 0.15) is 6.54 Å². The van der Waals surface area contributed by atoms with Crippen LogP contribution < -0.4 is 0 Å². The molecular formula is C15H16N2O3S. The minimum atomic E-state index is -0.965. The van der Waals surface area contributed by atoms with Crippen LogP contribution in [0.2, 0.25) is 0 Å². The zero-order chi connectivity index (χ0) is 15.2. The van der Waals surface area contributed by atoms with Crippen LogP contribution in [0.3, 0.4) is 0 Å². The van der Waals surface area contributed by atoms with Gasteiger partial charge in [0, 0.05) is 11.8 Å². The molecule has 0 unspecified atom stereocenters. The molecule has 0 aliphatic heterocycles. The third-order valence-electron chi connectivity index (χ3n) is 3.19. The van der Waals surface area contributed by atoms with Crippen molar-refractivity contribution < 1.29 is 14.7 Å². The van der Waals surface area contributed by atoms with Crippen molar-refractivity contribution in [3.8, 4) is 6.07 Å². The topological polar surface area (TPSA) is 81.4 Å². The lowest BCUT2D eigenvalue weighted by molar-refractivity contribution is -0.143. The molecule has 1 amide bonds. The molecule has 110 valence electrons. The maximum Gasteiger partial charge on any atom is 0.323 e. The number of carboxylic acid groups (broad SMARTS) is 1. The second-order valence-corrected chi connectivity index (χ2v) is 5.93. The van der Waals surface area contributed by atoms with Crippen LogP contribution in [0.15, 0.2) is 24.3 Å². The van der Waals surface area contributed by atoms with E-state index in [-0.39, 0.29) is 24.2 Å². The molecule has 1 aromatic rings. The van der Waals surface area contributed by atoms with Gasteiger partial charge >= 0.3 is 5.97 Å². The van der Waals surface area contributed by atoms with E-state index in [9.17, 15) is 9.59 Å². The lowest BCUT2D eigenvalue weighted by Crippen LogP contribution is -2.38. The number of nitrogens with zero attached hydrogens (tertiary/aromatic N) is 2. The first-order valence-electron chi connectivity index (χ1n) is 6.68. The van der Waals surface area contributed by atoms with E-state index in [1.165, 1.54) is 16.7 Å². The Hall–Kier alpha value is -2.00. The highest BCUT2D eigenvalue weighted by Gasteiger charge is 2.33. The van der Waals surface area contributed by atoms with Crippen molar-refractivity contribution in [1.82, 2.24) is 4.90 Å². The highest BCUT2D eigenvalue weighted by molar-refractivity contribution is 7.99. The van der Waals surface area contributed by atoms with E-state index in [0.717, 1.165) is 18.4 Å². The molecule has 0 atom stereocenters. The van der Waals surface area contributed by atoms with Crippen molar-refractivity contribution in [2.24, 2.45) is 0 Å². The summed E-state index contributed by atoms with van der Waals surface area (Å²) in [5.41, 5.74) is 1.66. The van der Waals surface area contributed by atoms with Crippen molar-refractivity contribution in [2.75, 3.05) is 12.3 Å². The monoisotopic (exact) mass is 304 g/mol. The van der Waals surface area contributed by atoms with Gasteiger partial charge < -0.3 is 10.0 Å². The van der Waals surface area contributed by atoms with Gasteiger partial charge in [0.2, 0.25) is 5.91 Å². The van der Waals surface area contributed by atoms with Gasteiger partial charge in [-0.05, 0) is 30.5 Å². The lowest BCUT2D eigenvalue weighted by Gasteiger charge is -2.19. The summed E-state index contributed by atoms with van der Waals surface area (Å²) < 4.78 is 0. The maximum atomic E-state index is 12.0. The van der Waals surface area contributed by atoms with Gasteiger partial charge in [-0.25, -0.2) is 0 Å². The molecule has 21 heavy (non-hydrogen) atoms. The molecule has 6 heteroatoms. The van der Waals surface area contributed by atoms with Crippen molar-refractivity contribution in [3.63, 3.8) is 0 Å². The van der Waals surface area contributed by atoms with Crippen LogP contribution in [-0.4, -0.2) is 40.2 Å². The van der Waals surface area contributed by atoms with Gasteiger partial charge in [0.05, 0.1) is 17.4 Å². The van der Waals surface area contributed by atoms with Gasteiger partial charge in [-0.3, -0.25) is 9.59 Å². The van der Waals surface area contributed by atoms with Crippen LogP contribution in [-0.2, 0) is 15.3 Å². The minimum absolute atomic E-state index is 0.112. The number of hydrogen-bond donors (Lipinski definition) is 1. The van der Waals surface area contributed by atoms with E-state index in [2.05, 4.69) is 6.07 Å². The standard InChI is InChI=1S/C15H16N2O3S/c16-7-11-1-3-12(4-2-11)9-21-10-14(18)17(8-15(19)20)13-5-6-13/h1-4,13H,5-6,8-10H2,(H,19,20). The summed E-state index contributed by atoms with van der Waals surface area (Å²) >= 11 is 1.46. The zero-order valence-corrected chi connectivity index (χ0v) is 12.3. The number of amides is 1. The van der Waals surface area contributed by atoms with Crippen LogP contribution in [0.1, 0.15) is 24.0 Å². The Morgan fingerprint density at radius 1 is 1.33 bits per heavy atom. The molecule has 1 N–H and O–H groups in total. The van der Waals surface area contributed by atoms with Crippen molar-refractivity contribution in [1.29, 1.82) is 5.26 Å². The minimum Gasteiger partial charge on any atom is -0.480 e. The molecule has 1 aliphatic carbocycles. The summed E-state index contributed by atoms with van der Waals surface area (Å²) in [4.78, 5) is 24.3. The number of hydrogen-bond acceptors (Lipinski definition) is 4. The van der Waals surface area contributed by atoms with E-state index >= 15 is 0 Å². The number of carboxylic acids is 1. The fourth-order valence-electron chi connectivity index (χ4n) is 1.97. The first-order chi connectivity index (χ1) is 10.1.